The van der Waals surface area contributed by atoms with Crippen LogP contribution in [0.15, 0.2) is 213 Å². The lowest BCUT2D eigenvalue weighted by atomic mass is 9.88. The van der Waals surface area contributed by atoms with Crippen molar-refractivity contribution in [2.24, 2.45) is 0 Å². The summed E-state index contributed by atoms with van der Waals surface area (Å²) in [6.07, 6.45) is 9.15. The van der Waals surface area contributed by atoms with Gasteiger partial charge in [0.05, 0.1) is 39.3 Å². The van der Waals surface area contributed by atoms with E-state index < -0.39 is 11.6 Å². The molecule has 0 aliphatic rings. The van der Waals surface area contributed by atoms with Crippen LogP contribution in [0.1, 0.15) is 180 Å². The maximum absolute atomic E-state index is 13.5. The van der Waals surface area contributed by atoms with Crippen molar-refractivity contribution in [2.75, 3.05) is 80.3 Å². The minimum absolute atomic E-state index is 0.00143. The van der Waals surface area contributed by atoms with Crippen LogP contribution in [0.2, 0.25) is 30.1 Å². The maximum atomic E-state index is 13.5. The minimum Gasteiger partial charge on any atom is -0.497 e. The number of halogens is 8. The van der Waals surface area contributed by atoms with Crippen LogP contribution in [0.25, 0.3) is 0 Å². The van der Waals surface area contributed by atoms with Gasteiger partial charge in [-0.1, -0.05) is 267 Å². The molecular formula is C106H126Cl6F2N6O13. The van der Waals surface area contributed by atoms with Crippen LogP contribution < -0.4 is 61.6 Å². The highest BCUT2D eigenvalue weighted by molar-refractivity contribution is 6.38. The third kappa shape index (κ3) is 37.9. The normalized spacial score (nSPS) is 11.3. The smallest absolute Gasteiger partial charge is 0.213 e. The molecule has 0 bridgehead atoms. The summed E-state index contributed by atoms with van der Waals surface area (Å²) in [5.41, 5.74) is 11.4. The molecule has 0 saturated heterocycles. The Morgan fingerprint density at radius 1 is 0.278 bits per heavy atom. The molecule has 0 saturated carbocycles. The van der Waals surface area contributed by atoms with Crippen LogP contribution in [0.5, 0.6) is 75.5 Å². The molecule has 27 heteroatoms. The van der Waals surface area contributed by atoms with E-state index >= 15 is 0 Å². The van der Waals surface area contributed by atoms with Gasteiger partial charge in [-0.25, -0.2) is 38.7 Å². The van der Waals surface area contributed by atoms with Crippen molar-refractivity contribution in [3.8, 4) is 75.5 Å². The van der Waals surface area contributed by atoms with Crippen molar-refractivity contribution in [3.05, 3.63) is 311 Å². The summed E-state index contributed by atoms with van der Waals surface area (Å²) in [5, 5.41) is 2.20. The predicted molar refractivity (Wildman–Crippen MR) is 533 cm³/mol. The second-order valence-electron chi connectivity index (χ2n) is 36.7. The van der Waals surface area contributed by atoms with Crippen LogP contribution in [0.3, 0.4) is 0 Å². The molecular weight excluding hydrogens is 1820 g/mol. The number of nitrogens with zero attached hydrogens (tertiary/aromatic N) is 6. The van der Waals surface area contributed by atoms with Gasteiger partial charge >= 0.3 is 0 Å². The molecule has 714 valence electrons. The van der Waals surface area contributed by atoms with Crippen LogP contribution in [-0.2, 0) is 39.1 Å². The lowest BCUT2D eigenvalue weighted by Crippen LogP contribution is -2.13. The predicted octanol–water partition coefficient (Wildman–Crippen LogP) is 28.3. The number of methoxy groups -OCH3 is 2. The summed E-state index contributed by atoms with van der Waals surface area (Å²) in [7, 11) is 3.27. The number of aromatic nitrogens is 6. The minimum atomic E-state index is -0.733. The highest BCUT2D eigenvalue weighted by Crippen LogP contribution is 2.38. The van der Waals surface area contributed by atoms with E-state index in [1.807, 2.05) is 153 Å². The van der Waals surface area contributed by atoms with Gasteiger partial charge in [0, 0.05) is 84.6 Å². The third-order valence-corrected chi connectivity index (χ3v) is 21.3. The van der Waals surface area contributed by atoms with E-state index in [9.17, 15) is 8.78 Å². The van der Waals surface area contributed by atoms with Gasteiger partial charge in [-0.15, -0.1) is 0 Å². The Labute approximate surface area is 815 Å². The zero-order chi connectivity index (χ0) is 97.9. The van der Waals surface area contributed by atoms with Gasteiger partial charge in [0.25, 0.3) is 0 Å². The molecule has 133 heavy (non-hydrogen) atoms. The van der Waals surface area contributed by atoms with Gasteiger partial charge in [-0.05, 0) is 165 Å². The SMILES string of the molecule is CC(C)(C)c1ccc(OCCOc2c(Cl)cccc2Cl)nc1.CC(C)(C)c1ccc(OCCOc2c(F)ccc(F)c2Cl)nc1.CC(C)(C)c1ccc(OCCOc2ccccc2Cl)nc1.COc1cc(COc2cccc(C(C)(C)C)n2)cc(OC)c1.Cc1cc(Cl)c(OCCOc2ccc(C(C)(C)C)cn2)c(Cl)c1.Cc1cccc(C)c1OCCOc1ccc(C(C)(C)C)cn1. The van der Waals surface area contributed by atoms with E-state index in [4.69, 9.17) is 131 Å². The molecule has 0 aliphatic heterocycles. The first-order valence-corrected chi connectivity index (χ1v) is 45.7. The number of ether oxygens (including phenoxy) is 13. The molecule has 19 nitrogen and oxygen atoms in total. The number of hydrogen-bond donors (Lipinski definition) is 0. The summed E-state index contributed by atoms with van der Waals surface area (Å²) in [4.78, 5) is 26.0. The Morgan fingerprint density at radius 3 is 0.955 bits per heavy atom. The fourth-order valence-electron chi connectivity index (χ4n) is 11.7. The van der Waals surface area contributed by atoms with Crippen molar-refractivity contribution in [1.29, 1.82) is 0 Å². The first-order chi connectivity index (χ1) is 62.7. The molecule has 0 N–H and O–H groups in total. The van der Waals surface area contributed by atoms with E-state index in [0.29, 0.717) is 137 Å². The molecule has 12 aromatic rings. The monoisotopic (exact) mass is 1940 g/mol. The summed E-state index contributed by atoms with van der Waals surface area (Å²) in [5.74, 6) is 5.74. The summed E-state index contributed by atoms with van der Waals surface area (Å²) in [6, 6.07) is 55.2. The van der Waals surface area contributed by atoms with E-state index in [1.54, 1.807) is 50.7 Å². The Morgan fingerprint density at radius 2 is 0.602 bits per heavy atom. The maximum Gasteiger partial charge on any atom is 0.213 e. The van der Waals surface area contributed by atoms with Crippen molar-refractivity contribution in [1.82, 2.24) is 29.9 Å². The van der Waals surface area contributed by atoms with E-state index in [-0.39, 0.29) is 56.5 Å². The van der Waals surface area contributed by atoms with Gasteiger partial charge in [0.1, 0.15) is 107 Å². The lowest BCUT2D eigenvalue weighted by molar-refractivity contribution is 0.206. The van der Waals surface area contributed by atoms with Gasteiger partial charge in [0.2, 0.25) is 35.3 Å². The quantitative estimate of drug-likeness (QED) is 0.0304. The molecule has 0 radical (unpaired) electrons. The molecule has 0 amide bonds. The highest BCUT2D eigenvalue weighted by atomic mass is 35.5. The highest BCUT2D eigenvalue weighted by Gasteiger charge is 2.22. The Balaban J connectivity index is 0.000000218. The van der Waals surface area contributed by atoms with Crippen LogP contribution >= 0.6 is 69.6 Å². The number of benzene rings is 6. The fourth-order valence-corrected chi connectivity index (χ4v) is 13.3. The summed E-state index contributed by atoms with van der Waals surface area (Å²) >= 11 is 36.0. The number of aryl methyl sites for hydroxylation is 3. The Bertz CT molecular complexity index is 5350. The van der Waals surface area contributed by atoms with E-state index in [0.717, 1.165) is 62.9 Å². The van der Waals surface area contributed by atoms with Gasteiger partial charge in [0.15, 0.2) is 23.1 Å². The average Bonchev–Trinajstić information content (AvgIpc) is 0.881. The molecule has 0 spiro atoms. The molecule has 6 aromatic heterocycles. The third-order valence-electron chi connectivity index (χ3n) is 19.5. The Hall–Kier alpha value is -10.8. The number of para-hydroxylation sites is 3. The van der Waals surface area contributed by atoms with Gasteiger partial charge in [-0.2, -0.15) is 0 Å². The largest absolute Gasteiger partial charge is 0.497 e. The molecule has 6 aromatic carbocycles. The van der Waals surface area contributed by atoms with Crippen molar-refractivity contribution in [2.45, 2.75) is 184 Å². The average molecular weight is 1940 g/mol. The van der Waals surface area contributed by atoms with Crippen molar-refractivity contribution < 1.29 is 70.4 Å². The van der Waals surface area contributed by atoms with Crippen molar-refractivity contribution in [3.63, 3.8) is 0 Å². The Kier molecular flexibility index (Phi) is 42.9. The second kappa shape index (κ2) is 52.2. The van der Waals surface area contributed by atoms with E-state index in [2.05, 4.69) is 187 Å². The first-order valence-electron chi connectivity index (χ1n) is 43.5. The fraction of sp³-hybridized carbons (Fsp3) is 0.377. The number of hydrogen-bond acceptors (Lipinski definition) is 19. The summed E-state index contributed by atoms with van der Waals surface area (Å²) < 4.78 is 98.5. The lowest BCUT2D eigenvalue weighted by Gasteiger charge is -2.18. The van der Waals surface area contributed by atoms with Crippen molar-refractivity contribution >= 4 is 69.6 Å². The van der Waals surface area contributed by atoms with Gasteiger partial charge < -0.3 is 61.6 Å². The molecule has 0 unspecified atom stereocenters. The summed E-state index contributed by atoms with van der Waals surface area (Å²) in [6.45, 7) is 48.4. The topological polar surface area (TPSA) is 197 Å². The number of rotatable bonds is 30. The van der Waals surface area contributed by atoms with Crippen LogP contribution in [0.4, 0.5) is 8.78 Å². The molecule has 0 atom stereocenters. The second-order valence-corrected chi connectivity index (χ2v) is 39.1. The standard InChI is InChI=1S/C19H25NO2.C18H21Cl2NO2.C18H23NO3.C17H19Cl2NO2.C17H18ClF2NO2.C17H20ClNO2/c1-14-7-6-8-15(2)18(14)22-12-11-21-17-10-9-16(13-20-17)19(3,4)5;1-12-9-14(19)17(15(20)10-12)23-8-7-22-16-6-5-13(11-21-16)18(2,3)4;1-18(2,3)16-7-6-8-17(19-16)22-12-13-9-14(20-4)11-15(10-13)21-5;1-17(2,3)12-7-8-15(20-11-12)21-9-10-22-16-13(18)5-4-6-14(16)19;1-17(2,3)11-4-7-14(21-10-11)22-8-9-23-16-13(20)6-5-12(19)15(16)18;1-17(2,3)13-8-9-16(19-12-13)21-11-10-20-15-7-5-4-6-14(15)18/h6-10,13H,11-12H2,1-5H3;5-6,9-11H,7-8H2,1-4H3;6-11H,12H2,1-5H3;4-8,11H,9-10H2,1-3H3;4-7,10H,8-9H2,1-3H3;4-9,12H,10-11H2,1-3H3. The number of pyridine rings is 6. The molecule has 0 fully saturated rings. The zero-order valence-electron chi connectivity index (χ0n) is 80.5. The van der Waals surface area contributed by atoms with E-state index in [1.165, 1.54) is 22.3 Å². The van der Waals surface area contributed by atoms with Crippen LogP contribution in [0, 0.1) is 32.4 Å². The zero-order valence-corrected chi connectivity index (χ0v) is 85.0. The van der Waals surface area contributed by atoms with Gasteiger partial charge in [-0.3, -0.25) is 0 Å². The molecule has 12 rings (SSSR count). The van der Waals surface area contributed by atoms with Crippen LogP contribution in [-0.4, -0.2) is 110 Å². The molecule has 6 heterocycles. The first kappa shape index (κ1) is 109. The molecule has 0 aliphatic carbocycles.